The SMILES string of the molecule is O=C(C=Cc1ccccc1)O[C@H]1C2C=COC(O[C@@H]3O[C@H](CO)[C@@H](O)[C@H](O)[C@@H]3O)C2[C@@]2(CO)O[C@@H]12. The molecule has 3 aliphatic heterocycles. The number of fused-ring (bicyclic) bond motifs is 3. The van der Waals surface area contributed by atoms with Crippen LogP contribution >= 0.6 is 0 Å². The van der Waals surface area contributed by atoms with Crippen LogP contribution in [0.25, 0.3) is 6.08 Å². The maximum atomic E-state index is 12.5. The van der Waals surface area contributed by atoms with Crippen LogP contribution in [0, 0.1) is 11.8 Å². The fraction of sp³-hybridized carbons (Fsp3) is 0.542. The van der Waals surface area contributed by atoms with Gasteiger partial charge in [-0.3, -0.25) is 0 Å². The Labute approximate surface area is 200 Å². The second kappa shape index (κ2) is 9.60. The van der Waals surface area contributed by atoms with E-state index in [4.69, 9.17) is 23.7 Å². The topological polar surface area (TPSA) is 168 Å². The molecule has 5 N–H and O–H groups in total. The highest BCUT2D eigenvalue weighted by Crippen LogP contribution is 2.60. The monoisotopic (exact) mass is 492 g/mol. The molecular formula is C24H28O11. The van der Waals surface area contributed by atoms with Crippen LogP contribution < -0.4 is 0 Å². The number of hydrogen-bond donors (Lipinski definition) is 5. The molecule has 5 rings (SSSR count). The molecule has 35 heavy (non-hydrogen) atoms. The van der Waals surface area contributed by atoms with Gasteiger partial charge in [-0.15, -0.1) is 0 Å². The fourth-order valence-electron chi connectivity index (χ4n) is 5.19. The zero-order valence-electron chi connectivity index (χ0n) is 18.6. The van der Waals surface area contributed by atoms with Gasteiger partial charge in [0.1, 0.15) is 42.2 Å². The van der Waals surface area contributed by atoms with E-state index in [1.165, 1.54) is 12.3 Å². The first-order chi connectivity index (χ1) is 16.9. The van der Waals surface area contributed by atoms with E-state index in [1.54, 1.807) is 12.2 Å². The van der Waals surface area contributed by atoms with E-state index >= 15 is 0 Å². The molecule has 0 amide bonds. The van der Waals surface area contributed by atoms with E-state index in [9.17, 15) is 30.3 Å². The number of rotatable bonds is 7. The van der Waals surface area contributed by atoms with Crippen LogP contribution in [0.1, 0.15) is 5.56 Å². The maximum absolute atomic E-state index is 12.5. The number of carbonyl (C=O) groups excluding carboxylic acids is 1. The lowest BCUT2D eigenvalue weighted by Gasteiger charge is -2.43. The Balaban J connectivity index is 1.31. The minimum Gasteiger partial charge on any atom is -0.472 e. The van der Waals surface area contributed by atoms with Crippen molar-refractivity contribution in [1.82, 2.24) is 0 Å². The minimum absolute atomic E-state index is 0.390. The molecule has 0 bridgehead atoms. The lowest BCUT2D eigenvalue weighted by molar-refractivity contribution is -0.344. The van der Waals surface area contributed by atoms with Gasteiger partial charge in [0.2, 0.25) is 6.29 Å². The van der Waals surface area contributed by atoms with E-state index in [2.05, 4.69) is 0 Å². The highest BCUT2D eigenvalue weighted by molar-refractivity contribution is 5.87. The molecule has 0 radical (unpaired) electrons. The van der Waals surface area contributed by atoms with Gasteiger partial charge in [-0.25, -0.2) is 4.79 Å². The van der Waals surface area contributed by atoms with Crippen molar-refractivity contribution in [2.24, 2.45) is 11.8 Å². The summed E-state index contributed by atoms with van der Waals surface area (Å²) >= 11 is 0. The van der Waals surface area contributed by atoms with E-state index in [0.29, 0.717) is 0 Å². The molecular weight excluding hydrogens is 464 g/mol. The van der Waals surface area contributed by atoms with Crippen molar-refractivity contribution in [1.29, 1.82) is 0 Å². The highest BCUT2D eigenvalue weighted by Gasteiger charge is 2.77. The van der Waals surface area contributed by atoms with Crippen molar-refractivity contribution in [3.8, 4) is 0 Å². The first-order valence-electron chi connectivity index (χ1n) is 11.4. The van der Waals surface area contributed by atoms with Crippen molar-refractivity contribution < 1.29 is 54.0 Å². The maximum Gasteiger partial charge on any atom is 0.331 e. The molecule has 1 aliphatic carbocycles. The lowest BCUT2D eigenvalue weighted by Crippen LogP contribution is -2.60. The zero-order chi connectivity index (χ0) is 24.7. The first kappa shape index (κ1) is 24.3. The Bertz CT molecular complexity index is 965. The number of esters is 1. The summed E-state index contributed by atoms with van der Waals surface area (Å²) in [6.45, 7) is -0.999. The van der Waals surface area contributed by atoms with Gasteiger partial charge in [-0.2, -0.15) is 0 Å². The van der Waals surface area contributed by atoms with Crippen LogP contribution in [0.4, 0.5) is 0 Å². The Morgan fingerprint density at radius 3 is 2.54 bits per heavy atom. The number of carbonyl (C=O) groups is 1. The Kier molecular flexibility index (Phi) is 6.68. The summed E-state index contributed by atoms with van der Waals surface area (Å²) in [5, 5.41) is 50.0. The van der Waals surface area contributed by atoms with Crippen LogP contribution in [0.3, 0.4) is 0 Å². The van der Waals surface area contributed by atoms with Gasteiger partial charge in [0.05, 0.1) is 25.4 Å². The molecule has 2 saturated heterocycles. The van der Waals surface area contributed by atoms with Gasteiger partial charge >= 0.3 is 5.97 Å². The number of benzene rings is 1. The third-order valence-corrected chi connectivity index (χ3v) is 7.06. The quantitative estimate of drug-likeness (QED) is 0.174. The average molecular weight is 492 g/mol. The Morgan fingerprint density at radius 1 is 1.06 bits per heavy atom. The fourth-order valence-corrected chi connectivity index (χ4v) is 5.19. The van der Waals surface area contributed by atoms with Gasteiger partial charge in [-0.1, -0.05) is 30.3 Å². The summed E-state index contributed by atoms with van der Waals surface area (Å²) in [6.07, 6.45) is -3.78. The second-order valence-corrected chi connectivity index (χ2v) is 9.07. The molecule has 3 fully saturated rings. The second-order valence-electron chi connectivity index (χ2n) is 9.07. The van der Waals surface area contributed by atoms with Crippen molar-refractivity contribution in [3.05, 3.63) is 54.3 Å². The summed E-state index contributed by atoms with van der Waals surface area (Å²) in [5.74, 6) is -1.64. The smallest absolute Gasteiger partial charge is 0.331 e. The Hall–Kier alpha value is -2.35. The molecule has 190 valence electrons. The molecule has 0 aromatic heterocycles. The lowest BCUT2D eigenvalue weighted by atomic mass is 9.85. The third kappa shape index (κ3) is 4.28. The molecule has 0 spiro atoms. The van der Waals surface area contributed by atoms with E-state index in [1.807, 2.05) is 30.3 Å². The van der Waals surface area contributed by atoms with Crippen molar-refractivity contribution in [2.45, 2.75) is 54.8 Å². The average Bonchev–Trinajstić information content (AvgIpc) is 3.56. The van der Waals surface area contributed by atoms with E-state index < -0.39 is 85.8 Å². The number of epoxide rings is 1. The summed E-state index contributed by atoms with van der Waals surface area (Å²) in [4.78, 5) is 12.5. The third-order valence-electron chi connectivity index (χ3n) is 7.06. The van der Waals surface area contributed by atoms with Gasteiger partial charge < -0.3 is 49.2 Å². The van der Waals surface area contributed by atoms with Crippen LogP contribution in [0.5, 0.6) is 0 Å². The largest absolute Gasteiger partial charge is 0.472 e. The Morgan fingerprint density at radius 2 is 1.83 bits per heavy atom. The number of aliphatic hydroxyl groups is 5. The molecule has 11 atom stereocenters. The van der Waals surface area contributed by atoms with Crippen molar-refractivity contribution in [3.63, 3.8) is 0 Å². The molecule has 4 aliphatic rings. The van der Waals surface area contributed by atoms with Gasteiger partial charge in [0.15, 0.2) is 6.29 Å². The van der Waals surface area contributed by atoms with Crippen LogP contribution in [-0.4, -0.2) is 99.5 Å². The molecule has 3 unspecified atom stereocenters. The summed E-state index contributed by atoms with van der Waals surface area (Å²) in [6, 6.07) is 9.26. The zero-order valence-corrected chi connectivity index (χ0v) is 18.6. The first-order valence-corrected chi connectivity index (χ1v) is 11.4. The number of hydrogen-bond acceptors (Lipinski definition) is 11. The normalized spacial score (nSPS) is 43.9. The molecule has 1 aromatic rings. The minimum atomic E-state index is -1.63. The van der Waals surface area contributed by atoms with E-state index in [0.717, 1.165) is 5.56 Å². The summed E-state index contributed by atoms with van der Waals surface area (Å²) in [7, 11) is 0. The molecule has 1 aromatic carbocycles. The molecule has 1 saturated carbocycles. The summed E-state index contributed by atoms with van der Waals surface area (Å²) in [5.41, 5.74) is -0.262. The van der Waals surface area contributed by atoms with Crippen LogP contribution in [0.2, 0.25) is 0 Å². The van der Waals surface area contributed by atoms with Crippen LogP contribution in [0.15, 0.2) is 48.7 Å². The number of ether oxygens (including phenoxy) is 5. The standard InChI is InChI=1S/C24H28O11/c25-10-14-17(28)18(29)19(30)23(32-14)34-22-16-13(8-9-31-22)20(21-24(16,11-26)35-21)33-15(27)7-6-12-4-2-1-3-5-12/h1-9,13-14,16-23,25-26,28-30H,10-11H2/t13?,14-,16?,17-,18+,19+,20+,21+,22?,23+,24-/m1/s1. The van der Waals surface area contributed by atoms with Crippen molar-refractivity contribution >= 4 is 12.0 Å². The molecule has 11 heteroatoms. The van der Waals surface area contributed by atoms with Gasteiger partial charge in [0, 0.05) is 12.0 Å². The van der Waals surface area contributed by atoms with Crippen LogP contribution in [-0.2, 0) is 28.5 Å². The highest BCUT2D eigenvalue weighted by atomic mass is 16.8. The molecule has 3 heterocycles. The van der Waals surface area contributed by atoms with Gasteiger partial charge in [-0.05, 0) is 17.7 Å². The number of aliphatic hydroxyl groups excluding tert-OH is 5. The van der Waals surface area contributed by atoms with Crippen molar-refractivity contribution in [2.75, 3.05) is 13.2 Å². The van der Waals surface area contributed by atoms with E-state index in [-0.39, 0.29) is 0 Å². The molecule has 11 nitrogen and oxygen atoms in total. The van der Waals surface area contributed by atoms with Gasteiger partial charge in [0.25, 0.3) is 0 Å². The summed E-state index contributed by atoms with van der Waals surface area (Å²) < 4.78 is 28.3. The predicted molar refractivity (Wildman–Crippen MR) is 116 cm³/mol. The predicted octanol–water partition coefficient (Wildman–Crippen LogP) is -1.33.